The lowest BCUT2D eigenvalue weighted by atomic mass is 10.1. The fourth-order valence-electron chi connectivity index (χ4n) is 1.23. The average Bonchev–Trinajstić information content (AvgIpc) is 2.20. The van der Waals surface area contributed by atoms with Crippen molar-refractivity contribution in [1.29, 1.82) is 0 Å². The molecule has 1 rings (SSSR count). The molecule has 0 saturated carbocycles. The highest BCUT2D eigenvalue weighted by atomic mass is 79.9. The predicted molar refractivity (Wildman–Crippen MR) is 63.4 cm³/mol. The lowest BCUT2D eigenvalue weighted by molar-refractivity contribution is -0.128. The Morgan fingerprint density at radius 2 is 2.33 bits per heavy atom. The van der Waals surface area contributed by atoms with E-state index in [1.807, 2.05) is 18.2 Å². The van der Waals surface area contributed by atoms with Crippen LogP contribution < -0.4 is 0 Å². The number of halogens is 1. The summed E-state index contributed by atoms with van der Waals surface area (Å²) in [5.74, 6) is -1.01. The molecule has 0 aliphatic carbocycles. The molecule has 80 valence electrons. The molecule has 1 aromatic rings. The maximum atomic E-state index is 10.2. The molecule has 0 fully saturated rings. The number of rotatable bonds is 4. The van der Waals surface area contributed by atoms with Crippen molar-refractivity contribution < 1.29 is 9.90 Å². The first-order valence-corrected chi connectivity index (χ1v) is 5.43. The van der Waals surface area contributed by atoms with Crippen molar-refractivity contribution in [1.82, 2.24) is 0 Å². The molecule has 1 N–H and O–H groups in total. The molecule has 0 unspecified atom stereocenters. The van der Waals surface area contributed by atoms with E-state index < -0.39 is 5.97 Å². The van der Waals surface area contributed by atoms with Crippen molar-refractivity contribution in [3.8, 4) is 0 Å². The van der Waals surface area contributed by atoms with Gasteiger partial charge in [-0.25, -0.2) is 4.79 Å². The SMILES string of the molecule is CCc1cc(CN=CC(=O)O)ccc1Br. The molecule has 0 saturated heterocycles. The lowest BCUT2D eigenvalue weighted by Gasteiger charge is -2.03. The zero-order valence-electron chi connectivity index (χ0n) is 8.40. The monoisotopic (exact) mass is 269 g/mol. The van der Waals surface area contributed by atoms with Gasteiger partial charge in [-0.2, -0.15) is 0 Å². The van der Waals surface area contributed by atoms with E-state index in [1.165, 1.54) is 5.56 Å². The van der Waals surface area contributed by atoms with Gasteiger partial charge < -0.3 is 5.11 Å². The number of nitrogens with zero attached hydrogens (tertiary/aromatic N) is 1. The third-order valence-electron chi connectivity index (χ3n) is 1.97. The highest BCUT2D eigenvalue weighted by Crippen LogP contribution is 2.19. The normalized spacial score (nSPS) is 10.8. The molecule has 0 aromatic heterocycles. The van der Waals surface area contributed by atoms with Crippen LogP contribution in [0.1, 0.15) is 18.1 Å². The van der Waals surface area contributed by atoms with Crippen LogP contribution in [0.5, 0.6) is 0 Å². The van der Waals surface area contributed by atoms with E-state index in [1.54, 1.807) is 0 Å². The summed E-state index contributed by atoms with van der Waals surface area (Å²) < 4.78 is 1.08. The Morgan fingerprint density at radius 1 is 1.60 bits per heavy atom. The van der Waals surface area contributed by atoms with Gasteiger partial charge in [0.2, 0.25) is 0 Å². The van der Waals surface area contributed by atoms with Crippen molar-refractivity contribution in [2.45, 2.75) is 19.9 Å². The zero-order valence-corrected chi connectivity index (χ0v) is 9.99. The van der Waals surface area contributed by atoms with Gasteiger partial charge in [-0.05, 0) is 23.6 Å². The summed E-state index contributed by atoms with van der Waals surface area (Å²) >= 11 is 3.45. The van der Waals surface area contributed by atoms with Gasteiger partial charge >= 0.3 is 5.97 Å². The number of benzene rings is 1. The Balaban J connectivity index is 2.74. The minimum Gasteiger partial charge on any atom is -0.477 e. The van der Waals surface area contributed by atoms with Crippen molar-refractivity contribution in [2.24, 2.45) is 4.99 Å². The molecule has 15 heavy (non-hydrogen) atoms. The van der Waals surface area contributed by atoms with Crippen LogP contribution in [0.25, 0.3) is 0 Å². The number of carbonyl (C=O) groups is 1. The summed E-state index contributed by atoms with van der Waals surface area (Å²) in [6.07, 6.45) is 1.87. The molecular formula is C11H12BrNO2. The Bertz CT molecular complexity index is 388. The number of aliphatic imine (C=N–C) groups is 1. The molecule has 1 aromatic carbocycles. The summed E-state index contributed by atoms with van der Waals surface area (Å²) in [5, 5.41) is 8.38. The number of hydrogen-bond donors (Lipinski definition) is 1. The molecule has 0 amide bonds. The van der Waals surface area contributed by atoms with E-state index in [-0.39, 0.29) is 0 Å². The second kappa shape index (κ2) is 5.66. The number of aliphatic carboxylic acids is 1. The largest absolute Gasteiger partial charge is 0.477 e. The van der Waals surface area contributed by atoms with E-state index in [9.17, 15) is 4.79 Å². The van der Waals surface area contributed by atoms with Gasteiger partial charge in [0.1, 0.15) is 6.21 Å². The first-order valence-electron chi connectivity index (χ1n) is 4.63. The molecule has 0 aliphatic rings. The van der Waals surface area contributed by atoms with E-state index >= 15 is 0 Å². The molecule has 0 aliphatic heterocycles. The molecule has 0 atom stereocenters. The fraction of sp³-hybridized carbons (Fsp3) is 0.273. The molecule has 0 bridgehead atoms. The van der Waals surface area contributed by atoms with E-state index in [4.69, 9.17) is 5.11 Å². The lowest BCUT2D eigenvalue weighted by Crippen LogP contribution is -1.96. The highest BCUT2D eigenvalue weighted by Gasteiger charge is 1.99. The van der Waals surface area contributed by atoms with Crippen molar-refractivity contribution in [3.05, 3.63) is 33.8 Å². The average molecular weight is 270 g/mol. The van der Waals surface area contributed by atoms with Crippen LogP contribution in [0.15, 0.2) is 27.7 Å². The highest BCUT2D eigenvalue weighted by molar-refractivity contribution is 9.10. The topological polar surface area (TPSA) is 49.7 Å². The maximum Gasteiger partial charge on any atom is 0.346 e. The zero-order chi connectivity index (χ0) is 11.3. The molecular weight excluding hydrogens is 258 g/mol. The third-order valence-corrected chi connectivity index (χ3v) is 2.74. The Kier molecular flexibility index (Phi) is 4.49. The molecule has 0 spiro atoms. The van der Waals surface area contributed by atoms with Crippen LogP contribution in [0, 0.1) is 0 Å². The standard InChI is InChI=1S/C11H12BrNO2/c1-2-9-5-8(3-4-10(9)12)6-13-7-11(14)15/h3-5,7H,2,6H2,1H3,(H,14,15). The van der Waals surface area contributed by atoms with Gasteiger partial charge in [0.25, 0.3) is 0 Å². The number of hydrogen-bond acceptors (Lipinski definition) is 2. The second-order valence-corrected chi connectivity index (χ2v) is 3.94. The van der Waals surface area contributed by atoms with Crippen LogP contribution in [-0.2, 0) is 17.8 Å². The summed E-state index contributed by atoms with van der Waals surface area (Å²) in [4.78, 5) is 14.0. The quantitative estimate of drug-likeness (QED) is 0.855. The molecule has 4 heteroatoms. The predicted octanol–water partition coefficient (Wildman–Crippen LogP) is 2.67. The van der Waals surface area contributed by atoms with Crippen molar-refractivity contribution in [2.75, 3.05) is 0 Å². The maximum absolute atomic E-state index is 10.2. The Labute approximate surface area is 97.0 Å². The molecule has 0 radical (unpaired) electrons. The van der Waals surface area contributed by atoms with E-state index in [2.05, 4.69) is 27.8 Å². The Morgan fingerprint density at radius 3 is 2.93 bits per heavy atom. The minimum absolute atomic E-state index is 0.409. The van der Waals surface area contributed by atoms with Gasteiger partial charge in [0.15, 0.2) is 0 Å². The van der Waals surface area contributed by atoms with Gasteiger partial charge in [-0.3, -0.25) is 4.99 Å². The number of carboxylic acids is 1. The summed E-state index contributed by atoms with van der Waals surface area (Å²) in [6.45, 7) is 2.48. The van der Waals surface area contributed by atoms with Crippen molar-refractivity contribution >= 4 is 28.1 Å². The van der Waals surface area contributed by atoms with Crippen LogP contribution >= 0.6 is 15.9 Å². The van der Waals surface area contributed by atoms with Crippen molar-refractivity contribution in [3.63, 3.8) is 0 Å². The van der Waals surface area contributed by atoms with E-state index in [0.29, 0.717) is 6.54 Å². The first-order chi connectivity index (χ1) is 7.13. The van der Waals surface area contributed by atoms with Gasteiger partial charge in [-0.1, -0.05) is 35.0 Å². The molecule has 3 nitrogen and oxygen atoms in total. The van der Waals surface area contributed by atoms with Gasteiger partial charge in [0.05, 0.1) is 6.54 Å². The minimum atomic E-state index is -1.01. The number of carboxylic acid groups (broad SMARTS) is 1. The molecule has 0 heterocycles. The number of aryl methyl sites for hydroxylation is 1. The Hall–Kier alpha value is -1.16. The summed E-state index contributed by atoms with van der Waals surface area (Å²) in [7, 11) is 0. The van der Waals surface area contributed by atoms with Gasteiger partial charge in [0, 0.05) is 4.47 Å². The fourth-order valence-corrected chi connectivity index (χ4v) is 1.75. The van der Waals surface area contributed by atoms with Crippen LogP contribution in [-0.4, -0.2) is 17.3 Å². The first kappa shape index (κ1) is 11.9. The van der Waals surface area contributed by atoms with Crippen LogP contribution in [0.3, 0.4) is 0 Å². The smallest absolute Gasteiger partial charge is 0.346 e. The summed E-state index contributed by atoms with van der Waals surface area (Å²) in [6, 6.07) is 5.93. The third kappa shape index (κ3) is 3.83. The van der Waals surface area contributed by atoms with Crippen LogP contribution in [0.4, 0.5) is 0 Å². The second-order valence-electron chi connectivity index (χ2n) is 3.09. The summed E-state index contributed by atoms with van der Waals surface area (Å²) in [5.41, 5.74) is 2.23. The van der Waals surface area contributed by atoms with Crippen LogP contribution in [0.2, 0.25) is 0 Å². The van der Waals surface area contributed by atoms with Gasteiger partial charge in [-0.15, -0.1) is 0 Å². The van der Waals surface area contributed by atoms with E-state index in [0.717, 1.165) is 22.7 Å².